The zero-order valence-electron chi connectivity index (χ0n) is 22.8. The summed E-state index contributed by atoms with van der Waals surface area (Å²) in [4.78, 5) is 54.0. The Morgan fingerprint density at radius 1 is 0.881 bits per heavy atom. The van der Waals surface area contributed by atoms with Crippen LogP contribution in [0.5, 0.6) is 0 Å². The van der Waals surface area contributed by atoms with Crippen LogP contribution < -0.4 is 5.73 Å². The zero-order valence-corrected chi connectivity index (χ0v) is 23.7. The summed E-state index contributed by atoms with van der Waals surface area (Å²) >= 11 is 0. The number of carbonyl (C=O) groups excluding carboxylic acids is 2. The number of anilines is 1. The monoisotopic (exact) mass is 621 g/mol. The quantitative estimate of drug-likeness (QED) is 0.0752. The maximum absolute atomic E-state index is 12.9. The van der Waals surface area contributed by atoms with E-state index in [4.69, 9.17) is 39.2 Å². The topological polar surface area (TPSA) is 260 Å². The van der Waals surface area contributed by atoms with Crippen molar-refractivity contribution >= 4 is 48.8 Å². The molecule has 0 aliphatic carbocycles. The third-order valence-corrected chi connectivity index (χ3v) is 5.72. The van der Waals surface area contributed by atoms with Crippen LogP contribution in [0.4, 0.5) is 15.4 Å². The molecule has 0 radical (unpaired) electrons. The molecule has 0 fully saturated rings. The van der Waals surface area contributed by atoms with Crippen molar-refractivity contribution in [1.82, 2.24) is 19.5 Å². The third kappa shape index (κ3) is 14.9. The second-order valence-corrected chi connectivity index (χ2v) is 9.50. The smallest absolute Gasteiger partial charge is 0.478 e. The lowest BCUT2D eigenvalue weighted by Gasteiger charge is -2.18. The molecule has 2 aromatic heterocycles. The number of fused-ring (bicyclic) bond motifs is 1. The van der Waals surface area contributed by atoms with Crippen molar-refractivity contribution in [2.75, 3.05) is 45.5 Å². The van der Waals surface area contributed by atoms with E-state index in [0.717, 1.165) is 0 Å². The standard InChI is InChI=1S/C18H28N5O10P.C4H4O4/c1-3-6-28-17(24)30-11-32-34(26,33-12-31-18(25)29-7-4-2)13-27-8-5-23-10-22-14-15(19)20-9-21-16(14)23;5-3(6)1-2-4(7)8/h9-10H,3-8,11-13H2,1-2H3,(H2,19,20,21);1-2H,(H,5,6)(H,7,8)/b;2-1+. The molecule has 4 N–H and O–H groups in total. The summed E-state index contributed by atoms with van der Waals surface area (Å²) in [7, 11) is -4.00. The van der Waals surface area contributed by atoms with Gasteiger partial charge in [-0.3, -0.25) is 13.6 Å². The van der Waals surface area contributed by atoms with E-state index in [0.29, 0.717) is 36.2 Å². The minimum atomic E-state index is -4.00. The minimum Gasteiger partial charge on any atom is -0.478 e. The van der Waals surface area contributed by atoms with Gasteiger partial charge in [-0.15, -0.1) is 0 Å². The lowest BCUT2D eigenvalue weighted by molar-refractivity contribution is -0.134. The molecular formula is C22H32N5O14P. The molecule has 0 spiro atoms. The molecule has 0 amide bonds. The van der Waals surface area contributed by atoms with Crippen molar-refractivity contribution < 1.29 is 66.7 Å². The summed E-state index contributed by atoms with van der Waals surface area (Å²) < 4.78 is 49.0. The first-order chi connectivity index (χ1) is 20.0. The van der Waals surface area contributed by atoms with Crippen molar-refractivity contribution in [2.45, 2.75) is 33.2 Å². The van der Waals surface area contributed by atoms with E-state index in [2.05, 4.69) is 24.4 Å². The van der Waals surface area contributed by atoms with E-state index < -0.39 is 51.8 Å². The van der Waals surface area contributed by atoms with Crippen LogP contribution in [0.15, 0.2) is 24.8 Å². The fourth-order valence-corrected chi connectivity index (χ4v) is 3.42. The van der Waals surface area contributed by atoms with Gasteiger partial charge < -0.3 is 44.2 Å². The third-order valence-electron chi connectivity index (χ3n) is 4.22. The van der Waals surface area contributed by atoms with E-state index in [1.54, 1.807) is 4.57 Å². The number of nitrogens with zero attached hydrogens (tertiary/aromatic N) is 4. The van der Waals surface area contributed by atoms with Gasteiger partial charge >= 0.3 is 31.8 Å². The Bertz CT molecular complexity index is 1190. The van der Waals surface area contributed by atoms with Crippen LogP contribution in [-0.2, 0) is 53.4 Å². The first-order valence-electron chi connectivity index (χ1n) is 12.1. The predicted molar refractivity (Wildman–Crippen MR) is 140 cm³/mol. The first kappa shape index (κ1) is 35.7. The number of imidazole rings is 1. The molecule has 0 saturated heterocycles. The van der Waals surface area contributed by atoms with Gasteiger partial charge in [0.25, 0.3) is 0 Å². The number of nitrogen functional groups attached to an aromatic ring is 1. The van der Waals surface area contributed by atoms with Gasteiger partial charge in [0.05, 0.1) is 26.1 Å². The molecule has 0 atom stereocenters. The van der Waals surface area contributed by atoms with Gasteiger partial charge in [0, 0.05) is 18.7 Å². The number of hydrogen-bond acceptors (Lipinski definition) is 16. The normalized spacial score (nSPS) is 11.0. The highest BCUT2D eigenvalue weighted by Crippen LogP contribution is 2.48. The molecule has 19 nitrogen and oxygen atoms in total. The number of hydrogen-bond donors (Lipinski definition) is 3. The van der Waals surface area contributed by atoms with Crippen LogP contribution >= 0.6 is 7.60 Å². The molecule has 0 aliphatic rings. The Labute approximate surface area is 239 Å². The number of carboxylic acid groups (broad SMARTS) is 2. The van der Waals surface area contributed by atoms with E-state index in [-0.39, 0.29) is 32.2 Å². The number of aliphatic carboxylic acids is 2. The summed E-state index contributed by atoms with van der Waals surface area (Å²) in [5, 5.41) is 15.6. The maximum atomic E-state index is 12.9. The molecule has 20 heteroatoms. The Hall–Kier alpha value is -4.32. The molecule has 0 bridgehead atoms. The van der Waals surface area contributed by atoms with Gasteiger partial charge in [0.1, 0.15) is 18.2 Å². The van der Waals surface area contributed by atoms with Crippen LogP contribution in [0.1, 0.15) is 26.7 Å². The van der Waals surface area contributed by atoms with Crippen molar-refractivity contribution in [3.63, 3.8) is 0 Å². The molecule has 2 heterocycles. The van der Waals surface area contributed by atoms with Crippen LogP contribution in [0.3, 0.4) is 0 Å². The van der Waals surface area contributed by atoms with Gasteiger partial charge in [0.2, 0.25) is 13.6 Å². The fraction of sp³-hybridized carbons (Fsp3) is 0.500. The molecule has 42 heavy (non-hydrogen) atoms. The van der Waals surface area contributed by atoms with E-state index in [1.807, 2.05) is 13.8 Å². The van der Waals surface area contributed by atoms with E-state index >= 15 is 0 Å². The van der Waals surface area contributed by atoms with Crippen LogP contribution in [0, 0.1) is 0 Å². The number of carboxylic acids is 2. The second kappa shape index (κ2) is 19.7. The second-order valence-electron chi connectivity index (χ2n) is 7.51. The van der Waals surface area contributed by atoms with E-state index in [9.17, 15) is 23.7 Å². The maximum Gasteiger partial charge on any atom is 0.510 e. The van der Waals surface area contributed by atoms with Gasteiger partial charge in [-0.05, 0) is 12.8 Å². The van der Waals surface area contributed by atoms with Crippen molar-refractivity contribution in [3.8, 4) is 0 Å². The average molecular weight is 621 g/mol. The molecule has 0 aliphatic heterocycles. The largest absolute Gasteiger partial charge is 0.510 e. The molecule has 234 valence electrons. The summed E-state index contributed by atoms with van der Waals surface area (Å²) in [6, 6.07) is 0. The van der Waals surface area contributed by atoms with Crippen LogP contribution in [0.25, 0.3) is 11.2 Å². The molecule has 0 saturated carbocycles. The zero-order chi connectivity index (χ0) is 31.4. The summed E-state index contributed by atoms with van der Waals surface area (Å²) in [6.07, 6.45) is 2.61. The lowest BCUT2D eigenvalue weighted by Crippen LogP contribution is -2.15. The summed E-state index contributed by atoms with van der Waals surface area (Å²) in [5.74, 6) is -2.27. The molecule has 2 rings (SSSR count). The highest BCUT2D eigenvalue weighted by molar-refractivity contribution is 7.53. The fourth-order valence-electron chi connectivity index (χ4n) is 2.42. The van der Waals surface area contributed by atoms with Crippen LogP contribution in [-0.4, -0.2) is 93.7 Å². The highest BCUT2D eigenvalue weighted by atomic mass is 31.2. The molecular weight excluding hydrogens is 589 g/mol. The molecule has 0 aromatic carbocycles. The van der Waals surface area contributed by atoms with Gasteiger partial charge in [-0.25, -0.2) is 34.1 Å². The summed E-state index contributed by atoms with van der Waals surface area (Å²) in [6.45, 7) is 2.81. The van der Waals surface area contributed by atoms with Gasteiger partial charge in [-0.1, -0.05) is 13.8 Å². The minimum absolute atomic E-state index is 0.0604. The van der Waals surface area contributed by atoms with E-state index in [1.165, 1.54) is 12.7 Å². The molecule has 2 aromatic rings. The Morgan fingerprint density at radius 3 is 1.93 bits per heavy atom. The van der Waals surface area contributed by atoms with Crippen molar-refractivity contribution in [2.24, 2.45) is 0 Å². The Balaban J connectivity index is 0.000000962. The lowest BCUT2D eigenvalue weighted by atomic mass is 10.5. The van der Waals surface area contributed by atoms with Crippen LogP contribution in [0.2, 0.25) is 0 Å². The number of ether oxygens (including phenoxy) is 5. The number of carbonyl (C=O) groups is 4. The van der Waals surface area contributed by atoms with Crippen molar-refractivity contribution in [3.05, 3.63) is 24.8 Å². The average Bonchev–Trinajstić information content (AvgIpc) is 3.36. The Morgan fingerprint density at radius 2 is 1.43 bits per heavy atom. The van der Waals surface area contributed by atoms with Crippen molar-refractivity contribution in [1.29, 1.82) is 0 Å². The summed E-state index contributed by atoms with van der Waals surface area (Å²) in [5.41, 5.74) is 6.70. The Kier molecular flexibility index (Phi) is 16.8. The van der Waals surface area contributed by atoms with Gasteiger partial charge in [-0.2, -0.15) is 0 Å². The number of aromatic nitrogens is 4. The van der Waals surface area contributed by atoms with Gasteiger partial charge in [0.15, 0.2) is 11.5 Å². The molecule has 0 unspecified atom stereocenters. The first-order valence-corrected chi connectivity index (χ1v) is 13.8. The predicted octanol–water partition coefficient (Wildman–Crippen LogP) is 2.36. The number of nitrogens with two attached hydrogens (primary N) is 1. The SMILES string of the molecule is CCCOC(=O)OCOP(=O)(COCCn1cnc2c(N)ncnc21)OCOC(=O)OCCC.O=C(O)/C=C/C(=O)O. The number of rotatable bonds is 17. The highest BCUT2D eigenvalue weighted by Gasteiger charge is 2.27.